The quantitative estimate of drug-likeness (QED) is 0.608. The Morgan fingerprint density at radius 1 is 1.28 bits per heavy atom. The lowest BCUT2D eigenvalue weighted by Gasteiger charge is -2.36. The van der Waals surface area contributed by atoms with E-state index in [0.29, 0.717) is 37.6 Å². The number of anilines is 1. The second-order valence-corrected chi connectivity index (χ2v) is 6.87. The van der Waals surface area contributed by atoms with Crippen LogP contribution in [0.2, 0.25) is 0 Å². The van der Waals surface area contributed by atoms with Crippen LogP contribution in [0.1, 0.15) is 26.3 Å². The molecule has 25 heavy (non-hydrogen) atoms. The summed E-state index contributed by atoms with van der Waals surface area (Å²) in [5, 5.41) is 11.1. The summed E-state index contributed by atoms with van der Waals surface area (Å²) in [7, 11) is 1.36. The van der Waals surface area contributed by atoms with E-state index in [1.807, 2.05) is 25.7 Å². The van der Waals surface area contributed by atoms with E-state index in [9.17, 15) is 14.9 Å². The first-order chi connectivity index (χ1) is 11.6. The molecule has 0 radical (unpaired) electrons. The summed E-state index contributed by atoms with van der Waals surface area (Å²) in [6.45, 7) is 9.38. The van der Waals surface area contributed by atoms with Crippen molar-refractivity contribution in [3.8, 4) is 5.88 Å². The molecule has 0 N–H and O–H groups in total. The first kappa shape index (κ1) is 18.8. The number of nitrogens with zero attached hydrogens (tertiary/aromatic N) is 4. The molecule has 9 heteroatoms. The number of rotatable bonds is 3. The maximum Gasteiger partial charge on any atom is 0.410 e. The third-order valence-corrected chi connectivity index (χ3v) is 3.75. The van der Waals surface area contributed by atoms with Crippen LogP contribution in [-0.4, -0.2) is 59.8 Å². The van der Waals surface area contributed by atoms with Crippen molar-refractivity contribution in [3.63, 3.8) is 0 Å². The lowest BCUT2D eigenvalue weighted by atomic mass is 10.2. The minimum Gasteiger partial charge on any atom is -0.476 e. The molecule has 0 unspecified atom stereocenters. The van der Waals surface area contributed by atoms with Gasteiger partial charge in [0, 0.05) is 32.2 Å². The molecule has 0 aliphatic carbocycles. The van der Waals surface area contributed by atoms with Gasteiger partial charge in [0.05, 0.1) is 12.0 Å². The molecule has 0 bridgehead atoms. The van der Waals surface area contributed by atoms with Crippen LogP contribution in [-0.2, 0) is 4.74 Å². The highest BCUT2D eigenvalue weighted by atomic mass is 16.6. The van der Waals surface area contributed by atoms with Crippen LogP contribution in [0, 0.1) is 17.0 Å². The maximum absolute atomic E-state index is 12.1. The zero-order valence-corrected chi connectivity index (χ0v) is 15.2. The molecule has 1 aromatic heterocycles. The number of methoxy groups -OCH3 is 1. The van der Waals surface area contributed by atoms with E-state index < -0.39 is 10.5 Å². The molecule has 1 fully saturated rings. The van der Waals surface area contributed by atoms with Crippen LogP contribution in [0.4, 0.5) is 16.3 Å². The first-order valence-electron chi connectivity index (χ1n) is 8.05. The Hall–Kier alpha value is -2.58. The molecule has 0 aromatic carbocycles. The van der Waals surface area contributed by atoms with Crippen molar-refractivity contribution in [2.24, 2.45) is 0 Å². The van der Waals surface area contributed by atoms with Gasteiger partial charge in [-0.15, -0.1) is 0 Å². The van der Waals surface area contributed by atoms with Crippen LogP contribution >= 0.6 is 0 Å². The average Bonchev–Trinajstić information content (AvgIpc) is 2.53. The van der Waals surface area contributed by atoms with Crippen LogP contribution in [0.3, 0.4) is 0 Å². The largest absolute Gasteiger partial charge is 0.476 e. The maximum atomic E-state index is 12.1. The number of ether oxygens (including phenoxy) is 2. The number of hydrogen-bond acceptors (Lipinski definition) is 7. The van der Waals surface area contributed by atoms with Crippen LogP contribution in [0.15, 0.2) is 6.07 Å². The molecular formula is C16H24N4O5. The van der Waals surface area contributed by atoms with Crippen molar-refractivity contribution in [3.05, 3.63) is 21.7 Å². The second kappa shape index (κ2) is 7.12. The van der Waals surface area contributed by atoms with E-state index in [0.717, 1.165) is 0 Å². The highest BCUT2D eigenvalue weighted by molar-refractivity contribution is 5.68. The Morgan fingerprint density at radius 2 is 1.88 bits per heavy atom. The van der Waals surface area contributed by atoms with Gasteiger partial charge < -0.3 is 19.3 Å². The lowest BCUT2D eigenvalue weighted by molar-refractivity contribution is -0.386. The van der Waals surface area contributed by atoms with Gasteiger partial charge in [-0.25, -0.2) is 4.79 Å². The Labute approximate surface area is 146 Å². The van der Waals surface area contributed by atoms with E-state index >= 15 is 0 Å². The van der Waals surface area contributed by atoms with Gasteiger partial charge in [0.15, 0.2) is 0 Å². The Morgan fingerprint density at radius 3 is 2.36 bits per heavy atom. The van der Waals surface area contributed by atoms with Crippen molar-refractivity contribution in [2.75, 3.05) is 38.2 Å². The molecule has 138 valence electrons. The van der Waals surface area contributed by atoms with Gasteiger partial charge in [0.25, 0.3) is 5.88 Å². The average molecular weight is 352 g/mol. The van der Waals surface area contributed by atoms with Gasteiger partial charge in [-0.2, -0.15) is 4.98 Å². The predicted octanol–water partition coefficient (Wildman–Crippen LogP) is 2.36. The molecule has 1 amide bonds. The standard InChI is InChI=1S/C16H24N4O5/c1-11-10-12(20(22)23)14(24-5)17-13(11)18-6-8-19(9-7-18)15(21)25-16(2,3)4/h10H,6-9H2,1-5H3. The molecule has 1 aromatic rings. The van der Waals surface area contributed by atoms with E-state index in [2.05, 4.69) is 4.98 Å². The molecule has 1 aliphatic heterocycles. The summed E-state index contributed by atoms with van der Waals surface area (Å²) in [6.07, 6.45) is -0.335. The second-order valence-electron chi connectivity index (χ2n) is 6.87. The smallest absolute Gasteiger partial charge is 0.410 e. The molecule has 2 heterocycles. The van der Waals surface area contributed by atoms with Crippen molar-refractivity contribution >= 4 is 17.6 Å². The lowest BCUT2D eigenvalue weighted by Crippen LogP contribution is -2.50. The molecule has 1 saturated heterocycles. The van der Waals surface area contributed by atoms with Gasteiger partial charge >= 0.3 is 11.8 Å². The van der Waals surface area contributed by atoms with Gasteiger partial charge in [-0.3, -0.25) is 10.1 Å². The van der Waals surface area contributed by atoms with E-state index in [-0.39, 0.29) is 17.7 Å². The van der Waals surface area contributed by atoms with Crippen LogP contribution in [0.5, 0.6) is 5.88 Å². The van der Waals surface area contributed by atoms with Gasteiger partial charge in [0.1, 0.15) is 11.4 Å². The normalized spacial score (nSPS) is 15.1. The molecule has 0 spiro atoms. The van der Waals surface area contributed by atoms with Crippen molar-refractivity contribution in [1.82, 2.24) is 9.88 Å². The zero-order chi connectivity index (χ0) is 18.8. The topological polar surface area (TPSA) is 98.0 Å². The number of amides is 1. The molecule has 2 rings (SSSR count). The summed E-state index contributed by atoms with van der Waals surface area (Å²) in [5.74, 6) is 0.617. The summed E-state index contributed by atoms with van der Waals surface area (Å²) in [4.78, 5) is 30.6. The van der Waals surface area contributed by atoms with Gasteiger partial charge in [0.2, 0.25) is 0 Å². The van der Waals surface area contributed by atoms with Crippen LogP contribution < -0.4 is 9.64 Å². The summed E-state index contributed by atoms with van der Waals surface area (Å²) < 4.78 is 10.4. The molecule has 0 atom stereocenters. The fourth-order valence-electron chi connectivity index (χ4n) is 2.60. The number of aromatic nitrogens is 1. The van der Waals surface area contributed by atoms with Gasteiger partial charge in [-0.05, 0) is 33.3 Å². The number of pyridine rings is 1. The summed E-state index contributed by atoms with van der Waals surface area (Å²) in [5.41, 5.74) is 0.00677. The number of piperazine rings is 1. The zero-order valence-electron chi connectivity index (χ0n) is 15.2. The number of carbonyl (C=O) groups excluding carboxylic acids is 1. The van der Waals surface area contributed by atoms with E-state index in [4.69, 9.17) is 9.47 Å². The highest BCUT2D eigenvalue weighted by Crippen LogP contribution is 2.31. The minimum atomic E-state index is -0.530. The molecule has 9 nitrogen and oxygen atoms in total. The predicted molar refractivity (Wildman–Crippen MR) is 92.2 cm³/mol. The van der Waals surface area contributed by atoms with E-state index in [1.54, 1.807) is 11.8 Å². The fourth-order valence-corrected chi connectivity index (χ4v) is 2.60. The Kier molecular flexibility index (Phi) is 5.34. The number of carbonyl (C=O) groups is 1. The van der Waals surface area contributed by atoms with Crippen LogP contribution in [0.25, 0.3) is 0 Å². The Bertz CT molecular complexity index is 663. The third-order valence-electron chi connectivity index (χ3n) is 3.75. The van der Waals surface area contributed by atoms with Crippen molar-refractivity contribution in [1.29, 1.82) is 0 Å². The van der Waals surface area contributed by atoms with Crippen molar-refractivity contribution < 1.29 is 19.2 Å². The SMILES string of the molecule is COc1nc(N2CCN(C(=O)OC(C)(C)C)CC2)c(C)cc1[N+](=O)[O-]. The number of aryl methyl sites for hydroxylation is 1. The summed E-state index contributed by atoms with van der Waals surface area (Å²) >= 11 is 0. The van der Waals surface area contributed by atoms with Crippen molar-refractivity contribution in [2.45, 2.75) is 33.3 Å². The summed E-state index contributed by atoms with van der Waals surface area (Å²) in [6, 6.07) is 1.46. The molecular weight excluding hydrogens is 328 g/mol. The van der Waals surface area contributed by atoms with Gasteiger partial charge in [-0.1, -0.05) is 0 Å². The minimum absolute atomic E-state index is 0.0137. The molecule has 0 saturated carbocycles. The Balaban J connectivity index is 2.10. The first-order valence-corrected chi connectivity index (χ1v) is 8.05. The van der Waals surface area contributed by atoms with E-state index in [1.165, 1.54) is 13.2 Å². The number of nitro groups is 1. The molecule has 1 aliphatic rings. The number of hydrogen-bond donors (Lipinski definition) is 0. The third kappa shape index (κ3) is 4.49. The fraction of sp³-hybridized carbons (Fsp3) is 0.625. The monoisotopic (exact) mass is 352 g/mol. The highest BCUT2D eigenvalue weighted by Gasteiger charge is 2.28.